The molecule has 0 unspecified atom stereocenters. The van der Waals surface area contributed by atoms with Gasteiger partial charge >= 0.3 is 0 Å². The molecule has 0 aliphatic carbocycles. The SMILES string of the molecule is CCCn1c(-c2ccc(=O)[nH]c2)nnc1S(N)(=O)=O. The summed E-state index contributed by atoms with van der Waals surface area (Å²) in [6, 6.07) is 2.87. The Bertz CT molecular complexity index is 726. The number of nitrogens with one attached hydrogen (secondary N) is 1. The fourth-order valence-electron chi connectivity index (χ4n) is 1.69. The molecule has 0 amide bonds. The molecule has 0 aliphatic rings. The smallest absolute Gasteiger partial charge is 0.273 e. The summed E-state index contributed by atoms with van der Waals surface area (Å²) in [5.74, 6) is 0.349. The van der Waals surface area contributed by atoms with Crippen molar-refractivity contribution in [1.29, 1.82) is 0 Å². The third kappa shape index (κ3) is 2.71. The number of aromatic nitrogens is 4. The van der Waals surface area contributed by atoms with Gasteiger partial charge in [-0.3, -0.25) is 9.36 Å². The molecule has 0 bridgehead atoms. The highest BCUT2D eigenvalue weighted by molar-refractivity contribution is 7.89. The van der Waals surface area contributed by atoms with Crippen LogP contribution in [0.2, 0.25) is 0 Å². The van der Waals surface area contributed by atoms with Crippen molar-refractivity contribution >= 4 is 10.0 Å². The Morgan fingerprint density at radius 3 is 2.63 bits per heavy atom. The van der Waals surface area contributed by atoms with Crippen LogP contribution >= 0.6 is 0 Å². The Kier molecular flexibility index (Phi) is 3.49. The minimum Gasteiger partial charge on any atom is -0.328 e. The van der Waals surface area contributed by atoms with Gasteiger partial charge in [0.2, 0.25) is 5.56 Å². The van der Waals surface area contributed by atoms with E-state index >= 15 is 0 Å². The Morgan fingerprint density at radius 2 is 2.11 bits per heavy atom. The predicted octanol–water partition coefficient (Wildman–Crippen LogP) is -0.309. The molecule has 8 nitrogen and oxygen atoms in total. The van der Waals surface area contributed by atoms with E-state index in [9.17, 15) is 13.2 Å². The summed E-state index contributed by atoms with van der Waals surface area (Å²) >= 11 is 0. The Morgan fingerprint density at radius 1 is 1.37 bits per heavy atom. The van der Waals surface area contributed by atoms with Gasteiger partial charge in [-0.05, 0) is 12.5 Å². The first-order chi connectivity index (χ1) is 8.93. The summed E-state index contributed by atoms with van der Waals surface area (Å²) in [5, 5.41) is 12.3. The topological polar surface area (TPSA) is 124 Å². The molecule has 0 aromatic carbocycles. The van der Waals surface area contributed by atoms with E-state index in [1.165, 1.54) is 16.8 Å². The summed E-state index contributed by atoms with van der Waals surface area (Å²) in [6.07, 6.45) is 2.14. The maximum absolute atomic E-state index is 11.4. The van der Waals surface area contributed by atoms with Crippen molar-refractivity contribution in [2.75, 3.05) is 0 Å². The molecule has 0 fully saturated rings. The first-order valence-electron chi connectivity index (χ1n) is 5.58. The highest BCUT2D eigenvalue weighted by Gasteiger charge is 2.21. The van der Waals surface area contributed by atoms with Crippen LogP contribution in [0.3, 0.4) is 0 Å². The van der Waals surface area contributed by atoms with Crippen molar-refractivity contribution in [2.24, 2.45) is 5.14 Å². The molecule has 0 saturated carbocycles. The normalized spacial score (nSPS) is 11.7. The van der Waals surface area contributed by atoms with E-state index < -0.39 is 10.0 Å². The number of primary sulfonamides is 1. The van der Waals surface area contributed by atoms with Crippen LogP contribution in [0.5, 0.6) is 0 Å². The fraction of sp³-hybridized carbons (Fsp3) is 0.300. The van der Waals surface area contributed by atoms with Gasteiger partial charge in [0.1, 0.15) is 0 Å². The average Bonchev–Trinajstić information content (AvgIpc) is 2.74. The summed E-state index contributed by atoms with van der Waals surface area (Å²) < 4.78 is 24.3. The van der Waals surface area contributed by atoms with Crippen LogP contribution in [-0.4, -0.2) is 28.2 Å². The molecule has 0 aliphatic heterocycles. The Balaban J connectivity index is 2.61. The number of nitrogens with zero attached hydrogens (tertiary/aromatic N) is 3. The van der Waals surface area contributed by atoms with Gasteiger partial charge in [-0.25, -0.2) is 13.6 Å². The van der Waals surface area contributed by atoms with Crippen LogP contribution in [-0.2, 0) is 16.6 Å². The highest BCUT2D eigenvalue weighted by Crippen LogP contribution is 2.18. The standard InChI is InChI=1S/C10H13N5O3S/c1-2-5-15-9(7-3-4-8(16)12-6-7)13-14-10(15)19(11,17)18/h3-4,6H,2,5H2,1H3,(H,12,16)(H2,11,17,18). The van der Waals surface area contributed by atoms with Crippen molar-refractivity contribution in [3.63, 3.8) is 0 Å². The van der Waals surface area contributed by atoms with Crippen molar-refractivity contribution in [3.8, 4) is 11.4 Å². The fourth-order valence-corrected chi connectivity index (χ4v) is 2.33. The summed E-state index contributed by atoms with van der Waals surface area (Å²) in [5.41, 5.74) is 0.312. The van der Waals surface area contributed by atoms with E-state index in [1.54, 1.807) is 6.07 Å². The zero-order valence-electron chi connectivity index (χ0n) is 10.2. The van der Waals surface area contributed by atoms with Crippen molar-refractivity contribution < 1.29 is 8.42 Å². The first kappa shape index (κ1) is 13.4. The van der Waals surface area contributed by atoms with Crippen LogP contribution in [0, 0.1) is 0 Å². The van der Waals surface area contributed by atoms with Gasteiger partial charge in [-0.2, -0.15) is 0 Å². The van der Waals surface area contributed by atoms with E-state index in [0.29, 0.717) is 24.4 Å². The summed E-state index contributed by atoms with van der Waals surface area (Å²) in [4.78, 5) is 13.5. The summed E-state index contributed by atoms with van der Waals surface area (Å²) in [7, 11) is -3.93. The molecule has 0 saturated heterocycles. The minimum absolute atomic E-state index is 0.253. The molecular weight excluding hydrogens is 270 g/mol. The van der Waals surface area contributed by atoms with Crippen molar-refractivity contribution in [3.05, 3.63) is 28.7 Å². The lowest BCUT2D eigenvalue weighted by Crippen LogP contribution is -2.19. The second kappa shape index (κ2) is 4.94. The largest absolute Gasteiger partial charge is 0.328 e. The lowest BCUT2D eigenvalue weighted by Gasteiger charge is -2.07. The molecule has 3 N–H and O–H groups in total. The molecule has 0 radical (unpaired) electrons. The third-order valence-corrected chi connectivity index (χ3v) is 3.27. The zero-order chi connectivity index (χ0) is 14.0. The van der Waals surface area contributed by atoms with Crippen LogP contribution in [0.1, 0.15) is 13.3 Å². The number of H-pyrrole nitrogens is 1. The third-order valence-electron chi connectivity index (χ3n) is 2.46. The average molecular weight is 283 g/mol. The molecular formula is C10H13N5O3S. The van der Waals surface area contributed by atoms with Gasteiger partial charge in [0, 0.05) is 24.4 Å². The van der Waals surface area contributed by atoms with Crippen molar-refractivity contribution in [1.82, 2.24) is 19.7 Å². The molecule has 9 heteroatoms. The minimum atomic E-state index is -3.93. The molecule has 2 heterocycles. The van der Waals surface area contributed by atoms with Gasteiger partial charge < -0.3 is 4.98 Å². The van der Waals surface area contributed by atoms with E-state index in [-0.39, 0.29) is 10.7 Å². The van der Waals surface area contributed by atoms with Gasteiger partial charge in [-0.1, -0.05) is 6.92 Å². The first-order valence-corrected chi connectivity index (χ1v) is 7.13. The molecule has 2 rings (SSSR count). The van der Waals surface area contributed by atoms with Crippen LogP contribution in [0.4, 0.5) is 0 Å². The zero-order valence-corrected chi connectivity index (χ0v) is 11.0. The maximum Gasteiger partial charge on any atom is 0.273 e. The molecule has 0 atom stereocenters. The van der Waals surface area contributed by atoms with E-state index in [2.05, 4.69) is 15.2 Å². The molecule has 2 aromatic rings. The summed E-state index contributed by atoms with van der Waals surface area (Å²) in [6.45, 7) is 2.30. The van der Waals surface area contributed by atoms with Gasteiger partial charge in [0.15, 0.2) is 5.82 Å². The molecule has 102 valence electrons. The number of nitrogens with two attached hydrogens (primary N) is 1. The lowest BCUT2D eigenvalue weighted by molar-refractivity contribution is 0.559. The Hall–Kier alpha value is -2.00. The van der Waals surface area contributed by atoms with Gasteiger partial charge in [-0.15, -0.1) is 10.2 Å². The molecule has 19 heavy (non-hydrogen) atoms. The number of pyridine rings is 1. The second-order valence-electron chi connectivity index (χ2n) is 3.94. The number of hydrogen-bond acceptors (Lipinski definition) is 5. The van der Waals surface area contributed by atoms with Gasteiger partial charge in [0.05, 0.1) is 0 Å². The highest BCUT2D eigenvalue weighted by atomic mass is 32.2. The number of aromatic amines is 1. The monoisotopic (exact) mass is 283 g/mol. The Labute approximate surface area is 109 Å². The van der Waals surface area contributed by atoms with E-state index in [1.807, 2.05) is 6.92 Å². The maximum atomic E-state index is 11.4. The van der Waals surface area contributed by atoms with E-state index in [4.69, 9.17) is 5.14 Å². The predicted molar refractivity (Wildman–Crippen MR) is 67.7 cm³/mol. The van der Waals surface area contributed by atoms with Gasteiger partial charge in [0.25, 0.3) is 15.2 Å². The van der Waals surface area contributed by atoms with Crippen LogP contribution in [0.15, 0.2) is 28.3 Å². The van der Waals surface area contributed by atoms with Crippen LogP contribution < -0.4 is 10.7 Å². The van der Waals surface area contributed by atoms with Crippen molar-refractivity contribution in [2.45, 2.75) is 25.0 Å². The van der Waals surface area contributed by atoms with E-state index in [0.717, 1.165) is 0 Å². The van der Waals surface area contributed by atoms with Crippen LogP contribution in [0.25, 0.3) is 11.4 Å². The lowest BCUT2D eigenvalue weighted by atomic mass is 10.2. The number of sulfonamides is 1. The molecule has 0 spiro atoms. The number of rotatable bonds is 4. The number of hydrogen-bond donors (Lipinski definition) is 2. The quantitative estimate of drug-likeness (QED) is 0.796. The second-order valence-corrected chi connectivity index (χ2v) is 5.40. The molecule has 2 aromatic heterocycles.